The van der Waals surface area contributed by atoms with Crippen LogP contribution >= 0.6 is 11.6 Å². The fourth-order valence-electron chi connectivity index (χ4n) is 2.53. The van der Waals surface area contributed by atoms with Crippen molar-refractivity contribution in [2.24, 2.45) is 0 Å². The highest BCUT2D eigenvalue weighted by molar-refractivity contribution is 6.30. The Morgan fingerprint density at radius 1 is 1.50 bits per heavy atom. The first kappa shape index (κ1) is 13.4. The number of benzene rings is 1. The minimum absolute atomic E-state index is 0.642. The van der Waals surface area contributed by atoms with Gasteiger partial charge in [-0.15, -0.1) is 0 Å². The molecule has 4 heteroatoms. The number of rotatable bonds is 3. The summed E-state index contributed by atoms with van der Waals surface area (Å²) < 4.78 is 0. The maximum atomic E-state index is 11.5. The maximum Gasteiger partial charge on any atom is 0.323 e. The Morgan fingerprint density at radius 3 is 2.94 bits per heavy atom. The summed E-state index contributed by atoms with van der Waals surface area (Å²) in [5.41, 5.74) is 0.317. The number of piperidine rings is 1. The van der Waals surface area contributed by atoms with E-state index in [-0.39, 0.29) is 0 Å². The van der Waals surface area contributed by atoms with E-state index in [0.717, 1.165) is 24.9 Å². The van der Waals surface area contributed by atoms with E-state index in [1.807, 2.05) is 36.1 Å². The van der Waals surface area contributed by atoms with Gasteiger partial charge in [-0.3, -0.25) is 9.69 Å². The zero-order chi connectivity index (χ0) is 13.2. The van der Waals surface area contributed by atoms with Crippen molar-refractivity contribution in [1.29, 1.82) is 0 Å². The Kier molecular flexibility index (Phi) is 3.93. The van der Waals surface area contributed by atoms with Crippen LogP contribution in [0.5, 0.6) is 0 Å². The van der Waals surface area contributed by atoms with Gasteiger partial charge in [0.25, 0.3) is 0 Å². The van der Waals surface area contributed by atoms with Crippen LogP contribution in [0.4, 0.5) is 0 Å². The largest absolute Gasteiger partial charge is 0.480 e. The molecule has 0 spiro atoms. The molecule has 1 aromatic carbocycles. The highest BCUT2D eigenvalue weighted by Crippen LogP contribution is 2.30. The van der Waals surface area contributed by atoms with Crippen molar-refractivity contribution in [3.8, 4) is 0 Å². The third kappa shape index (κ3) is 2.68. The number of nitrogens with zero attached hydrogens (tertiary/aromatic N) is 1. The number of carbonyl (C=O) groups is 1. The Morgan fingerprint density at radius 2 is 2.28 bits per heavy atom. The molecular formula is C14H18ClNO2. The van der Waals surface area contributed by atoms with Crippen LogP contribution in [0, 0.1) is 0 Å². The zero-order valence-corrected chi connectivity index (χ0v) is 11.3. The second kappa shape index (κ2) is 5.29. The summed E-state index contributed by atoms with van der Waals surface area (Å²) in [6.45, 7) is 3.29. The van der Waals surface area contributed by atoms with E-state index in [1.165, 1.54) is 0 Å². The Labute approximate surface area is 112 Å². The molecule has 1 aromatic rings. The van der Waals surface area contributed by atoms with Crippen LogP contribution < -0.4 is 0 Å². The van der Waals surface area contributed by atoms with Gasteiger partial charge in [-0.2, -0.15) is 0 Å². The molecule has 1 aliphatic heterocycles. The van der Waals surface area contributed by atoms with Crippen molar-refractivity contribution < 1.29 is 9.90 Å². The first-order chi connectivity index (χ1) is 8.52. The molecule has 0 bridgehead atoms. The Hall–Kier alpha value is -1.06. The molecule has 2 rings (SSSR count). The molecule has 1 heterocycles. The van der Waals surface area contributed by atoms with Crippen molar-refractivity contribution in [2.45, 2.75) is 38.3 Å². The van der Waals surface area contributed by atoms with Gasteiger partial charge in [0.15, 0.2) is 0 Å². The van der Waals surface area contributed by atoms with Crippen LogP contribution in [0.15, 0.2) is 24.3 Å². The molecule has 3 nitrogen and oxygen atoms in total. The van der Waals surface area contributed by atoms with Crippen molar-refractivity contribution in [2.75, 3.05) is 6.54 Å². The van der Waals surface area contributed by atoms with Gasteiger partial charge in [0.2, 0.25) is 0 Å². The predicted molar refractivity (Wildman–Crippen MR) is 71.8 cm³/mol. The SMILES string of the molecule is CC1(C(=O)O)CCCCN1Cc1cccc(Cl)c1. The lowest BCUT2D eigenvalue weighted by Gasteiger charge is -2.41. The molecule has 18 heavy (non-hydrogen) atoms. The van der Waals surface area contributed by atoms with Crippen molar-refractivity contribution >= 4 is 17.6 Å². The Bertz CT molecular complexity index is 449. The third-order valence-corrected chi connectivity index (χ3v) is 4.00. The number of halogens is 1. The molecule has 0 saturated carbocycles. The minimum Gasteiger partial charge on any atom is -0.480 e. The van der Waals surface area contributed by atoms with E-state index in [4.69, 9.17) is 11.6 Å². The molecule has 1 aliphatic rings. The first-order valence-corrected chi connectivity index (χ1v) is 6.63. The molecule has 0 aliphatic carbocycles. The van der Waals surface area contributed by atoms with Gasteiger partial charge < -0.3 is 5.11 Å². The molecule has 1 unspecified atom stereocenters. The lowest BCUT2D eigenvalue weighted by Crippen LogP contribution is -2.54. The Balaban J connectivity index is 2.18. The average Bonchev–Trinajstić information content (AvgIpc) is 2.32. The smallest absolute Gasteiger partial charge is 0.323 e. The first-order valence-electron chi connectivity index (χ1n) is 6.25. The fourth-order valence-corrected chi connectivity index (χ4v) is 2.74. The van der Waals surface area contributed by atoms with E-state index >= 15 is 0 Å². The van der Waals surface area contributed by atoms with Crippen LogP contribution in [-0.4, -0.2) is 28.1 Å². The number of hydrogen-bond donors (Lipinski definition) is 1. The standard InChI is InChI=1S/C14H18ClNO2/c1-14(13(17)18)7-2-3-8-16(14)10-11-5-4-6-12(15)9-11/h4-6,9H,2-3,7-8,10H2,1H3,(H,17,18). The molecule has 1 atom stereocenters. The van der Waals surface area contributed by atoms with Crippen LogP contribution in [0.25, 0.3) is 0 Å². The predicted octanol–water partition coefficient (Wildman–Crippen LogP) is 3.17. The molecule has 0 aromatic heterocycles. The second-order valence-electron chi connectivity index (χ2n) is 5.09. The van der Waals surface area contributed by atoms with Gasteiger partial charge in [0, 0.05) is 11.6 Å². The molecular weight excluding hydrogens is 250 g/mol. The van der Waals surface area contributed by atoms with E-state index in [9.17, 15) is 9.90 Å². The van der Waals surface area contributed by atoms with Crippen LogP contribution in [0.1, 0.15) is 31.7 Å². The molecule has 0 amide bonds. The summed E-state index contributed by atoms with van der Waals surface area (Å²) in [7, 11) is 0. The van der Waals surface area contributed by atoms with Gasteiger partial charge in [0.1, 0.15) is 5.54 Å². The van der Waals surface area contributed by atoms with Gasteiger partial charge in [-0.05, 0) is 50.4 Å². The van der Waals surface area contributed by atoms with E-state index in [0.29, 0.717) is 18.0 Å². The summed E-state index contributed by atoms with van der Waals surface area (Å²) in [5.74, 6) is -0.732. The summed E-state index contributed by atoms with van der Waals surface area (Å²) >= 11 is 5.96. The van der Waals surface area contributed by atoms with Gasteiger partial charge in [-0.1, -0.05) is 23.7 Å². The number of carboxylic acid groups (broad SMARTS) is 1. The van der Waals surface area contributed by atoms with Crippen LogP contribution in [-0.2, 0) is 11.3 Å². The van der Waals surface area contributed by atoms with E-state index < -0.39 is 11.5 Å². The number of likely N-dealkylation sites (tertiary alicyclic amines) is 1. The normalized spacial score (nSPS) is 25.0. The van der Waals surface area contributed by atoms with E-state index in [1.54, 1.807) is 0 Å². The van der Waals surface area contributed by atoms with E-state index in [2.05, 4.69) is 0 Å². The quantitative estimate of drug-likeness (QED) is 0.914. The lowest BCUT2D eigenvalue weighted by molar-refractivity contribution is -0.153. The molecule has 1 saturated heterocycles. The van der Waals surface area contributed by atoms with Crippen molar-refractivity contribution in [1.82, 2.24) is 4.90 Å². The van der Waals surface area contributed by atoms with Crippen LogP contribution in [0.3, 0.4) is 0 Å². The second-order valence-corrected chi connectivity index (χ2v) is 5.52. The summed E-state index contributed by atoms with van der Waals surface area (Å²) in [4.78, 5) is 13.5. The summed E-state index contributed by atoms with van der Waals surface area (Å²) in [5, 5.41) is 10.1. The molecule has 1 fully saturated rings. The third-order valence-electron chi connectivity index (χ3n) is 3.76. The lowest BCUT2D eigenvalue weighted by atomic mass is 9.88. The summed E-state index contributed by atoms with van der Waals surface area (Å²) in [6, 6.07) is 7.62. The number of aliphatic carboxylic acids is 1. The minimum atomic E-state index is -0.749. The topological polar surface area (TPSA) is 40.5 Å². The van der Waals surface area contributed by atoms with Gasteiger partial charge in [0.05, 0.1) is 0 Å². The highest BCUT2D eigenvalue weighted by atomic mass is 35.5. The van der Waals surface area contributed by atoms with Gasteiger partial charge in [-0.25, -0.2) is 0 Å². The maximum absolute atomic E-state index is 11.5. The molecule has 1 N–H and O–H groups in total. The number of hydrogen-bond acceptors (Lipinski definition) is 2. The van der Waals surface area contributed by atoms with Crippen molar-refractivity contribution in [3.05, 3.63) is 34.9 Å². The summed E-state index contributed by atoms with van der Waals surface area (Å²) in [6.07, 6.45) is 2.75. The zero-order valence-electron chi connectivity index (χ0n) is 10.5. The molecule has 98 valence electrons. The van der Waals surface area contributed by atoms with Crippen LogP contribution in [0.2, 0.25) is 5.02 Å². The fraction of sp³-hybridized carbons (Fsp3) is 0.500. The number of carboxylic acids is 1. The molecule has 0 radical (unpaired) electrons. The monoisotopic (exact) mass is 267 g/mol. The average molecular weight is 268 g/mol. The highest BCUT2D eigenvalue weighted by Gasteiger charge is 2.41. The van der Waals surface area contributed by atoms with Gasteiger partial charge >= 0.3 is 5.97 Å². The van der Waals surface area contributed by atoms with Crippen molar-refractivity contribution in [3.63, 3.8) is 0 Å².